The lowest BCUT2D eigenvalue weighted by Crippen LogP contribution is -2.65. The van der Waals surface area contributed by atoms with Crippen molar-refractivity contribution in [2.75, 3.05) is 6.61 Å². The smallest absolute Gasteiger partial charge is 0.116 e. The number of hydrogen-bond acceptors (Lipinski definition) is 7. The molecule has 4 rings (SSSR count). The van der Waals surface area contributed by atoms with Gasteiger partial charge in [-0.15, -0.1) is 0 Å². The average molecular weight is 563 g/mol. The SMILES string of the molecule is C=C1CC[C@@](O)([C@@H]2O[C@H](CO)[C@@H](O)[C@H](O)[C@H]2O)C/C1=C/C=C1CCC[C@@]2(C)C1CC[C@@H]2[C@H](C)CCCC(C)(C)O. The molecule has 1 unspecified atom stereocenters. The van der Waals surface area contributed by atoms with Crippen LogP contribution in [0.2, 0.25) is 0 Å². The highest BCUT2D eigenvalue weighted by molar-refractivity contribution is 5.38. The van der Waals surface area contributed by atoms with Gasteiger partial charge in [0.2, 0.25) is 0 Å². The maximum absolute atomic E-state index is 11.6. The standard InChI is InChI=1S/C33H54O7/c1-20-14-17-33(39,30-29(37)28(36)27(35)26(19-34)40-30)18-23(20)11-10-22-9-7-16-32(5)24(12-13-25(22)32)21(2)8-6-15-31(3,4)38/h10-11,21,24-30,34-39H,1,6-9,12-19H2,2-5H3/b22-10?,23-11-/t21-,24-,25?,26-,27-,28+,29-,30-,32-,33+/m1/s1. The molecule has 228 valence electrons. The molecule has 0 aromatic carbocycles. The summed E-state index contributed by atoms with van der Waals surface area (Å²) in [7, 11) is 0. The zero-order chi connectivity index (χ0) is 29.5. The van der Waals surface area contributed by atoms with Crippen LogP contribution < -0.4 is 0 Å². The van der Waals surface area contributed by atoms with Crippen LogP contribution in [0, 0.1) is 23.2 Å². The van der Waals surface area contributed by atoms with Gasteiger partial charge in [0.15, 0.2) is 0 Å². The fraction of sp³-hybridized carbons (Fsp3) is 0.818. The first-order valence-corrected chi connectivity index (χ1v) is 15.5. The average Bonchev–Trinajstić information content (AvgIpc) is 3.25. The van der Waals surface area contributed by atoms with Crippen LogP contribution in [0.3, 0.4) is 0 Å². The van der Waals surface area contributed by atoms with E-state index in [1.165, 1.54) is 31.3 Å². The molecule has 0 bridgehead atoms. The number of aliphatic hydroxyl groups is 6. The molecule has 40 heavy (non-hydrogen) atoms. The Balaban J connectivity index is 1.49. The van der Waals surface area contributed by atoms with Crippen LogP contribution in [-0.4, -0.2) is 79.0 Å². The molecule has 3 saturated carbocycles. The van der Waals surface area contributed by atoms with E-state index in [1.54, 1.807) is 0 Å². The Hall–Kier alpha value is -1.06. The predicted octanol–water partition coefficient (Wildman–Crippen LogP) is 3.95. The van der Waals surface area contributed by atoms with E-state index >= 15 is 0 Å². The molecule has 7 heteroatoms. The highest BCUT2D eigenvalue weighted by atomic mass is 16.6. The van der Waals surface area contributed by atoms with Crippen molar-refractivity contribution in [1.29, 1.82) is 0 Å². The van der Waals surface area contributed by atoms with E-state index in [0.29, 0.717) is 30.6 Å². The van der Waals surface area contributed by atoms with Crippen molar-refractivity contribution < 1.29 is 35.4 Å². The van der Waals surface area contributed by atoms with Crippen LogP contribution in [0.25, 0.3) is 0 Å². The highest BCUT2D eigenvalue weighted by Gasteiger charge is 2.53. The number of ether oxygens (including phenoxy) is 1. The summed E-state index contributed by atoms with van der Waals surface area (Å²) in [5.41, 5.74) is 1.57. The van der Waals surface area contributed by atoms with Gasteiger partial charge in [-0.3, -0.25) is 0 Å². The van der Waals surface area contributed by atoms with Crippen molar-refractivity contribution in [2.45, 2.75) is 140 Å². The van der Waals surface area contributed by atoms with Crippen LogP contribution >= 0.6 is 0 Å². The molecular weight excluding hydrogens is 508 g/mol. The lowest BCUT2D eigenvalue weighted by atomic mass is 9.60. The lowest BCUT2D eigenvalue weighted by Gasteiger charge is -2.48. The van der Waals surface area contributed by atoms with Crippen molar-refractivity contribution in [3.8, 4) is 0 Å². The number of rotatable bonds is 8. The molecule has 1 saturated heterocycles. The molecular formula is C33H54O7. The fourth-order valence-corrected chi connectivity index (χ4v) is 8.52. The Labute approximate surface area is 240 Å². The monoisotopic (exact) mass is 562 g/mol. The van der Waals surface area contributed by atoms with Crippen LogP contribution in [-0.2, 0) is 4.74 Å². The summed E-state index contributed by atoms with van der Waals surface area (Å²) in [5.74, 6) is 1.85. The maximum Gasteiger partial charge on any atom is 0.116 e. The molecule has 1 heterocycles. The largest absolute Gasteiger partial charge is 0.394 e. The minimum absolute atomic E-state index is 0.223. The van der Waals surface area contributed by atoms with Gasteiger partial charge in [0.25, 0.3) is 0 Å². The molecule has 0 radical (unpaired) electrons. The summed E-state index contributed by atoms with van der Waals surface area (Å²) in [5, 5.41) is 62.5. The van der Waals surface area contributed by atoms with Crippen molar-refractivity contribution in [3.05, 3.63) is 35.5 Å². The van der Waals surface area contributed by atoms with Gasteiger partial charge in [0, 0.05) is 6.42 Å². The second kappa shape index (κ2) is 12.3. The van der Waals surface area contributed by atoms with Gasteiger partial charge in [0.1, 0.15) is 30.5 Å². The first-order valence-electron chi connectivity index (χ1n) is 15.5. The molecule has 4 aliphatic rings. The van der Waals surface area contributed by atoms with Gasteiger partial charge < -0.3 is 35.4 Å². The summed E-state index contributed by atoms with van der Waals surface area (Å²) in [4.78, 5) is 0. The Morgan fingerprint density at radius 2 is 1.80 bits per heavy atom. The molecule has 0 amide bonds. The second-order valence-electron chi connectivity index (χ2n) is 14.3. The van der Waals surface area contributed by atoms with E-state index in [4.69, 9.17) is 4.74 Å². The van der Waals surface area contributed by atoms with Crippen molar-refractivity contribution >= 4 is 0 Å². The Bertz CT molecular complexity index is 964. The Kier molecular flexibility index (Phi) is 9.78. The Morgan fingerprint density at radius 3 is 2.48 bits per heavy atom. The summed E-state index contributed by atoms with van der Waals surface area (Å²) in [6.07, 6.45) is 7.80. The van der Waals surface area contributed by atoms with E-state index in [-0.39, 0.29) is 11.8 Å². The van der Waals surface area contributed by atoms with Crippen LogP contribution in [0.15, 0.2) is 35.5 Å². The van der Waals surface area contributed by atoms with E-state index in [1.807, 2.05) is 13.8 Å². The normalized spacial score (nSPS) is 43.8. The minimum atomic E-state index is -1.51. The van der Waals surface area contributed by atoms with Gasteiger partial charge in [0.05, 0.1) is 17.8 Å². The number of hydrogen-bond donors (Lipinski definition) is 6. The molecule has 10 atom stereocenters. The third-order valence-corrected chi connectivity index (χ3v) is 10.9. The van der Waals surface area contributed by atoms with E-state index in [9.17, 15) is 30.6 Å². The van der Waals surface area contributed by atoms with Crippen molar-refractivity contribution in [1.82, 2.24) is 0 Å². The quantitative estimate of drug-likeness (QED) is 0.264. The van der Waals surface area contributed by atoms with Gasteiger partial charge in [-0.1, -0.05) is 56.6 Å². The molecule has 0 spiro atoms. The Morgan fingerprint density at radius 1 is 1.07 bits per heavy atom. The lowest BCUT2D eigenvalue weighted by molar-refractivity contribution is -0.271. The van der Waals surface area contributed by atoms with Crippen LogP contribution in [0.5, 0.6) is 0 Å². The summed E-state index contributed by atoms with van der Waals surface area (Å²) >= 11 is 0. The van der Waals surface area contributed by atoms with E-state index in [2.05, 4.69) is 32.6 Å². The topological polar surface area (TPSA) is 131 Å². The van der Waals surface area contributed by atoms with Gasteiger partial charge >= 0.3 is 0 Å². The molecule has 1 aliphatic heterocycles. The minimum Gasteiger partial charge on any atom is -0.394 e. The number of fused-ring (bicyclic) bond motifs is 1. The third kappa shape index (κ3) is 6.46. The van der Waals surface area contributed by atoms with E-state index < -0.39 is 48.3 Å². The zero-order valence-corrected chi connectivity index (χ0v) is 25.1. The number of aliphatic hydroxyl groups excluding tert-OH is 4. The van der Waals surface area contributed by atoms with Gasteiger partial charge in [-0.25, -0.2) is 0 Å². The molecule has 0 aromatic rings. The third-order valence-electron chi connectivity index (χ3n) is 10.9. The highest BCUT2D eigenvalue weighted by Crippen LogP contribution is 2.60. The fourth-order valence-electron chi connectivity index (χ4n) is 8.52. The zero-order valence-electron chi connectivity index (χ0n) is 25.1. The van der Waals surface area contributed by atoms with Crippen LogP contribution in [0.4, 0.5) is 0 Å². The maximum atomic E-state index is 11.6. The molecule has 4 fully saturated rings. The predicted molar refractivity (Wildman–Crippen MR) is 155 cm³/mol. The van der Waals surface area contributed by atoms with Gasteiger partial charge in [-0.05, 0) is 94.0 Å². The van der Waals surface area contributed by atoms with Crippen molar-refractivity contribution in [2.24, 2.45) is 23.2 Å². The van der Waals surface area contributed by atoms with Crippen molar-refractivity contribution in [3.63, 3.8) is 0 Å². The first kappa shape index (κ1) is 31.9. The molecule has 6 N–H and O–H groups in total. The number of allylic oxidation sites excluding steroid dienone is 4. The van der Waals surface area contributed by atoms with Crippen LogP contribution in [0.1, 0.15) is 98.3 Å². The van der Waals surface area contributed by atoms with Gasteiger partial charge in [-0.2, -0.15) is 0 Å². The molecule has 7 nitrogen and oxygen atoms in total. The molecule has 0 aromatic heterocycles. The second-order valence-corrected chi connectivity index (χ2v) is 14.3. The summed E-state index contributed by atoms with van der Waals surface area (Å²) in [6, 6.07) is 0. The van der Waals surface area contributed by atoms with E-state index in [0.717, 1.165) is 36.8 Å². The first-order chi connectivity index (χ1) is 18.7. The summed E-state index contributed by atoms with van der Waals surface area (Å²) in [6.45, 7) is 12.4. The molecule has 3 aliphatic carbocycles. The summed E-state index contributed by atoms with van der Waals surface area (Å²) < 4.78 is 5.76.